The first-order valence-electron chi connectivity index (χ1n) is 6.46. The summed E-state index contributed by atoms with van der Waals surface area (Å²) < 4.78 is 0. The largest absolute Gasteiger partial charge is 0.399 e. The lowest BCUT2D eigenvalue weighted by atomic mass is 10.0. The van der Waals surface area contributed by atoms with Crippen LogP contribution in [0.2, 0.25) is 0 Å². The average molecular weight is 234 g/mol. The van der Waals surface area contributed by atoms with Crippen LogP contribution in [0.3, 0.4) is 0 Å². The first kappa shape index (κ1) is 12.2. The molecule has 1 heterocycles. The van der Waals surface area contributed by atoms with Crippen molar-refractivity contribution >= 4 is 11.4 Å². The lowest BCUT2D eigenvalue weighted by molar-refractivity contribution is 0.146. The maximum absolute atomic E-state index is 9.62. The maximum atomic E-state index is 9.62. The minimum Gasteiger partial charge on any atom is -0.399 e. The van der Waals surface area contributed by atoms with Gasteiger partial charge in [0, 0.05) is 24.5 Å². The van der Waals surface area contributed by atoms with Gasteiger partial charge in [-0.05, 0) is 56.4 Å². The van der Waals surface area contributed by atoms with Gasteiger partial charge in [0.2, 0.25) is 0 Å². The topological polar surface area (TPSA) is 49.5 Å². The van der Waals surface area contributed by atoms with E-state index in [0.29, 0.717) is 0 Å². The van der Waals surface area contributed by atoms with Crippen molar-refractivity contribution < 1.29 is 5.11 Å². The molecule has 1 aromatic rings. The third-order valence-electron chi connectivity index (χ3n) is 3.55. The Morgan fingerprint density at radius 2 is 1.88 bits per heavy atom. The number of benzene rings is 1. The van der Waals surface area contributed by atoms with Gasteiger partial charge in [0.05, 0.1) is 6.10 Å². The summed E-state index contributed by atoms with van der Waals surface area (Å²) in [5.74, 6) is 0. The Morgan fingerprint density at radius 1 is 1.24 bits per heavy atom. The molecule has 2 rings (SSSR count). The van der Waals surface area contributed by atoms with Crippen molar-refractivity contribution in [2.24, 2.45) is 0 Å². The van der Waals surface area contributed by atoms with Crippen LogP contribution in [0.15, 0.2) is 18.2 Å². The number of anilines is 2. The number of nitrogen functional groups attached to an aromatic ring is 1. The Kier molecular flexibility index (Phi) is 3.89. The molecule has 0 spiro atoms. The van der Waals surface area contributed by atoms with E-state index in [1.54, 1.807) is 0 Å². The number of aryl methyl sites for hydroxylation is 1. The van der Waals surface area contributed by atoms with Gasteiger partial charge in [-0.15, -0.1) is 0 Å². The number of aliphatic hydroxyl groups is 1. The minimum absolute atomic E-state index is 0.0923. The number of rotatable bonds is 1. The van der Waals surface area contributed by atoms with E-state index in [0.717, 1.165) is 50.0 Å². The molecule has 17 heavy (non-hydrogen) atoms. The zero-order valence-electron chi connectivity index (χ0n) is 10.5. The number of hydrogen-bond donors (Lipinski definition) is 2. The SMILES string of the molecule is Cc1cc(N2CCCC(O)CCC2)ccc1N. The van der Waals surface area contributed by atoms with Gasteiger partial charge < -0.3 is 15.7 Å². The van der Waals surface area contributed by atoms with Gasteiger partial charge >= 0.3 is 0 Å². The summed E-state index contributed by atoms with van der Waals surface area (Å²) in [5.41, 5.74) is 9.10. The molecule has 3 N–H and O–H groups in total. The molecule has 0 saturated carbocycles. The van der Waals surface area contributed by atoms with Gasteiger partial charge in [0.1, 0.15) is 0 Å². The van der Waals surface area contributed by atoms with E-state index in [1.165, 1.54) is 5.69 Å². The second-order valence-corrected chi connectivity index (χ2v) is 4.97. The van der Waals surface area contributed by atoms with Crippen molar-refractivity contribution in [2.45, 2.75) is 38.7 Å². The second kappa shape index (κ2) is 5.41. The number of hydrogen-bond acceptors (Lipinski definition) is 3. The van der Waals surface area contributed by atoms with E-state index in [9.17, 15) is 5.11 Å². The highest BCUT2D eigenvalue weighted by Crippen LogP contribution is 2.23. The van der Waals surface area contributed by atoms with Gasteiger partial charge in [0.25, 0.3) is 0 Å². The quantitative estimate of drug-likeness (QED) is 0.733. The van der Waals surface area contributed by atoms with Crippen molar-refractivity contribution in [1.82, 2.24) is 0 Å². The van der Waals surface area contributed by atoms with Gasteiger partial charge in [-0.3, -0.25) is 0 Å². The Hall–Kier alpha value is -1.22. The van der Waals surface area contributed by atoms with Crippen LogP contribution in [0.25, 0.3) is 0 Å². The third kappa shape index (κ3) is 3.13. The molecule has 1 aliphatic heterocycles. The molecular formula is C14H22N2O. The van der Waals surface area contributed by atoms with Gasteiger partial charge in [-0.25, -0.2) is 0 Å². The first-order chi connectivity index (χ1) is 8.16. The molecule has 94 valence electrons. The van der Waals surface area contributed by atoms with Crippen LogP contribution in [0.1, 0.15) is 31.2 Å². The molecule has 3 nitrogen and oxygen atoms in total. The van der Waals surface area contributed by atoms with Gasteiger partial charge in [-0.2, -0.15) is 0 Å². The summed E-state index contributed by atoms with van der Waals surface area (Å²) in [6, 6.07) is 6.24. The lowest BCUT2D eigenvalue weighted by Gasteiger charge is -2.28. The summed E-state index contributed by atoms with van der Waals surface area (Å²) >= 11 is 0. The summed E-state index contributed by atoms with van der Waals surface area (Å²) in [4.78, 5) is 2.40. The molecular weight excluding hydrogens is 212 g/mol. The van der Waals surface area contributed by atoms with Crippen LogP contribution in [0, 0.1) is 6.92 Å². The van der Waals surface area contributed by atoms with E-state index in [2.05, 4.69) is 17.0 Å². The molecule has 1 fully saturated rings. The molecule has 0 bridgehead atoms. The number of aliphatic hydroxyl groups excluding tert-OH is 1. The zero-order valence-corrected chi connectivity index (χ0v) is 10.5. The standard InChI is InChI=1S/C14H22N2O/c1-11-10-12(6-7-14(11)15)16-8-2-4-13(17)5-3-9-16/h6-7,10,13,17H,2-5,8-9,15H2,1H3. The molecule has 0 radical (unpaired) electrons. The highest BCUT2D eigenvalue weighted by Gasteiger charge is 2.13. The molecule has 0 aromatic heterocycles. The van der Waals surface area contributed by atoms with E-state index < -0.39 is 0 Å². The fourth-order valence-corrected chi connectivity index (χ4v) is 2.41. The Labute approximate surface area is 103 Å². The minimum atomic E-state index is -0.0923. The van der Waals surface area contributed by atoms with Gasteiger partial charge in [0.15, 0.2) is 0 Å². The fraction of sp³-hybridized carbons (Fsp3) is 0.571. The van der Waals surface area contributed by atoms with E-state index in [1.807, 2.05) is 13.0 Å². The third-order valence-corrected chi connectivity index (χ3v) is 3.55. The van der Waals surface area contributed by atoms with E-state index in [4.69, 9.17) is 5.73 Å². The molecule has 3 heteroatoms. The normalized spacial score (nSPS) is 18.8. The van der Waals surface area contributed by atoms with Crippen molar-refractivity contribution in [2.75, 3.05) is 23.7 Å². The molecule has 1 saturated heterocycles. The monoisotopic (exact) mass is 234 g/mol. The Balaban J connectivity index is 2.07. The Bertz CT molecular complexity index is 368. The van der Waals surface area contributed by atoms with Gasteiger partial charge in [-0.1, -0.05) is 0 Å². The van der Waals surface area contributed by atoms with Crippen LogP contribution in [-0.2, 0) is 0 Å². The number of nitrogens with zero attached hydrogens (tertiary/aromatic N) is 1. The summed E-state index contributed by atoms with van der Waals surface area (Å²) in [7, 11) is 0. The predicted molar refractivity (Wildman–Crippen MR) is 72.3 cm³/mol. The van der Waals surface area contributed by atoms with Crippen molar-refractivity contribution in [3.63, 3.8) is 0 Å². The summed E-state index contributed by atoms with van der Waals surface area (Å²) in [5, 5.41) is 9.62. The van der Waals surface area contributed by atoms with Crippen LogP contribution in [-0.4, -0.2) is 24.3 Å². The molecule has 0 amide bonds. The number of nitrogens with two attached hydrogens (primary N) is 1. The fourth-order valence-electron chi connectivity index (χ4n) is 2.41. The second-order valence-electron chi connectivity index (χ2n) is 4.97. The maximum Gasteiger partial charge on any atom is 0.0541 e. The highest BCUT2D eigenvalue weighted by molar-refractivity contribution is 5.58. The van der Waals surface area contributed by atoms with E-state index in [-0.39, 0.29) is 6.10 Å². The van der Waals surface area contributed by atoms with Crippen LogP contribution in [0.5, 0.6) is 0 Å². The van der Waals surface area contributed by atoms with Crippen molar-refractivity contribution in [3.8, 4) is 0 Å². The Morgan fingerprint density at radius 3 is 2.47 bits per heavy atom. The molecule has 1 aromatic carbocycles. The average Bonchev–Trinajstić information content (AvgIpc) is 2.27. The zero-order chi connectivity index (χ0) is 12.3. The van der Waals surface area contributed by atoms with Crippen LogP contribution in [0.4, 0.5) is 11.4 Å². The summed E-state index contributed by atoms with van der Waals surface area (Å²) in [6.07, 6.45) is 3.87. The lowest BCUT2D eigenvalue weighted by Crippen LogP contribution is -2.29. The molecule has 0 aliphatic carbocycles. The molecule has 0 atom stereocenters. The summed E-state index contributed by atoms with van der Waals surface area (Å²) in [6.45, 7) is 4.10. The van der Waals surface area contributed by atoms with Crippen molar-refractivity contribution in [1.29, 1.82) is 0 Å². The van der Waals surface area contributed by atoms with Crippen molar-refractivity contribution in [3.05, 3.63) is 23.8 Å². The van der Waals surface area contributed by atoms with E-state index >= 15 is 0 Å². The highest BCUT2D eigenvalue weighted by atomic mass is 16.3. The van der Waals surface area contributed by atoms with Crippen LogP contribution < -0.4 is 10.6 Å². The molecule has 0 unspecified atom stereocenters. The van der Waals surface area contributed by atoms with Crippen LogP contribution >= 0.6 is 0 Å². The molecule has 1 aliphatic rings. The first-order valence-corrected chi connectivity index (χ1v) is 6.46. The predicted octanol–water partition coefficient (Wildman–Crippen LogP) is 2.32. The smallest absolute Gasteiger partial charge is 0.0541 e.